The summed E-state index contributed by atoms with van der Waals surface area (Å²) in [6.07, 6.45) is 1.32. The number of hydrogen-bond acceptors (Lipinski definition) is 3. The number of rotatable bonds is 2. The number of carbonyl (C=O) groups excluding carboxylic acids is 1. The van der Waals surface area contributed by atoms with Crippen molar-refractivity contribution < 1.29 is 4.79 Å². The minimum absolute atomic E-state index is 0.0953. The first-order chi connectivity index (χ1) is 14.3. The largest absolute Gasteiger partial charge is 0.294 e. The highest BCUT2D eigenvalue weighted by Crippen LogP contribution is 2.42. The number of aromatic nitrogens is 3. The summed E-state index contributed by atoms with van der Waals surface area (Å²) in [4.78, 5) is 18.4. The van der Waals surface area contributed by atoms with Gasteiger partial charge < -0.3 is 0 Å². The van der Waals surface area contributed by atoms with E-state index in [1.165, 1.54) is 5.56 Å². The van der Waals surface area contributed by atoms with Crippen molar-refractivity contribution in [3.8, 4) is 16.8 Å². The second kappa shape index (κ2) is 6.63. The highest BCUT2D eigenvalue weighted by Gasteiger charge is 2.36. The predicted molar refractivity (Wildman–Crippen MR) is 120 cm³/mol. The molecule has 0 saturated carbocycles. The van der Waals surface area contributed by atoms with E-state index >= 15 is 0 Å². The Kier molecular flexibility index (Phi) is 4.14. The Bertz CT molecular complexity index is 1280. The van der Waals surface area contributed by atoms with Crippen LogP contribution in [-0.4, -0.2) is 20.5 Å². The lowest BCUT2D eigenvalue weighted by Crippen LogP contribution is -2.28. The summed E-state index contributed by atoms with van der Waals surface area (Å²) in [7, 11) is 0. The molecule has 4 aromatic rings. The fraction of sp³-hybridized carbons (Fsp3) is 0.269. The molecule has 2 heterocycles. The molecule has 0 aliphatic heterocycles. The molecule has 0 unspecified atom stereocenters. The van der Waals surface area contributed by atoms with Crippen LogP contribution in [0.4, 0.5) is 0 Å². The van der Waals surface area contributed by atoms with Crippen LogP contribution in [0.5, 0.6) is 0 Å². The van der Waals surface area contributed by atoms with Gasteiger partial charge in [-0.25, -0.2) is 9.67 Å². The average Bonchev–Trinajstić information content (AvgIpc) is 3.03. The first-order valence-electron chi connectivity index (χ1n) is 10.4. The van der Waals surface area contributed by atoms with E-state index in [0.29, 0.717) is 6.42 Å². The molecule has 0 spiro atoms. The van der Waals surface area contributed by atoms with Crippen LogP contribution in [0.1, 0.15) is 47.6 Å². The van der Waals surface area contributed by atoms with E-state index in [0.717, 1.165) is 51.2 Å². The van der Waals surface area contributed by atoms with E-state index < -0.39 is 0 Å². The van der Waals surface area contributed by atoms with E-state index in [2.05, 4.69) is 45.0 Å². The van der Waals surface area contributed by atoms with Crippen molar-refractivity contribution in [1.29, 1.82) is 0 Å². The quantitative estimate of drug-likeness (QED) is 0.427. The van der Waals surface area contributed by atoms with Crippen molar-refractivity contribution in [2.24, 2.45) is 5.41 Å². The van der Waals surface area contributed by atoms with Gasteiger partial charge in [-0.15, -0.1) is 0 Å². The van der Waals surface area contributed by atoms with Crippen LogP contribution >= 0.6 is 0 Å². The molecular weight excluding hydrogens is 370 g/mol. The van der Waals surface area contributed by atoms with Crippen molar-refractivity contribution in [2.75, 3.05) is 0 Å². The molecule has 0 bridgehead atoms. The number of benzene rings is 2. The van der Waals surface area contributed by atoms with Gasteiger partial charge in [0.2, 0.25) is 0 Å². The lowest BCUT2D eigenvalue weighted by Gasteiger charge is -2.31. The summed E-state index contributed by atoms with van der Waals surface area (Å²) in [5.74, 6) is 0.179. The van der Waals surface area contributed by atoms with E-state index in [1.807, 2.05) is 41.9 Å². The van der Waals surface area contributed by atoms with Gasteiger partial charge in [-0.3, -0.25) is 4.79 Å². The van der Waals surface area contributed by atoms with Gasteiger partial charge in [0.15, 0.2) is 11.4 Å². The van der Waals surface area contributed by atoms with Crippen LogP contribution in [0.2, 0.25) is 0 Å². The summed E-state index contributed by atoms with van der Waals surface area (Å²) in [6, 6.07) is 18.5. The number of para-hydroxylation sites is 1. The van der Waals surface area contributed by atoms with Gasteiger partial charge in [-0.1, -0.05) is 61.9 Å². The first-order valence-corrected chi connectivity index (χ1v) is 10.4. The number of Topliss-reactive ketones (excluding diaryl/α,β-unsaturated/α-hetero) is 1. The number of carbonyl (C=O) groups is 1. The third-order valence-electron chi connectivity index (χ3n) is 5.97. The maximum Gasteiger partial charge on any atom is 0.165 e. The van der Waals surface area contributed by atoms with Crippen LogP contribution in [0.25, 0.3) is 27.8 Å². The van der Waals surface area contributed by atoms with Crippen molar-refractivity contribution in [3.63, 3.8) is 0 Å². The van der Waals surface area contributed by atoms with Crippen LogP contribution in [0, 0.1) is 19.3 Å². The van der Waals surface area contributed by atoms with Crippen molar-refractivity contribution in [3.05, 3.63) is 77.1 Å². The number of pyridine rings is 1. The molecule has 0 saturated heterocycles. The molecule has 1 aliphatic rings. The maximum atomic E-state index is 13.3. The van der Waals surface area contributed by atoms with Crippen molar-refractivity contribution in [2.45, 2.75) is 40.5 Å². The molecule has 5 rings (SSSR count). The zero-order valence-corrected chi connectivity index (χ0v) is 17.9. The summed E-state index contributed by atoms with van der Waals surface area (Å²) in [5, 5.41) is 5.81. The molecule has 2 aromatic carbocycles. The fourth-order valence-corrected chi connectivity index (χ4v) is 4.59. The van der Waals surface area contributed by atoms with Gasteiger partial charge >= 0.3 is 0 Å². The molecule has 1 aliphatic carbocycles. The SMILES string of the molecule is Cc1ccc(-c2c3c(nc4c2c(C)nn4-c2ccccc2)CC(C)(C)CC3=O)cc1. The van der Waals surface area contributed by atoms with Gasteiger partial charge in [0.25, 0.3) is 0 Å². The summed E-state index contributed by atoms with van der Waals surface area (Å²) in [6.45, 7) is 8.37. The number of nitrogens with zero attached hydrogens (tertiary/aromatic N) is 3. The van der Waals surface area contributed by atoms with Crippen LogP contribution in [0.15, 0.2) is 54.6 Å². The highest BCUT2D eigenvalue weighted by molar-refractivity contribution is 6.11. The number of hydrogen-bond donors (Lipinski definition) is 0. The summed E-state index contributed by atoms with van der Waals surface area (Å²) < 4.78 is 1.91. The molecule has 30 heavy (non-hydrogen) atoms. The van der Waals surface area contributed by atoms with Crippen molar-refractivity contribution >= 4 is 16.8 Å². The smallest absolute Gasteiger partial charge is 0.165 e. The molecule has 0 N–H and O–H groups in total. The summed E-state index contributed by atoms with van der Waals surface area (Å²) >= 11 is 0. The van der Waals surface area contributed by atoms with Crippen molar-refractivity contribution in [1.82, 2.24) is 14.8 Å². The Morgan fingerprint density at radius 2 is 1.60 bits per heavy atom. The minimum atomic E-state index is -0.0953. The van der Waals surface area contributed by atoms with Crippen LogP contribution in [-0.2, 0) is 6.42 Å². The monoisotopic (exact) mass is 395 g/mol. The molecule has 0 amide bonds. The van der Waals surface area contributed by atoms with Crippen LogP contribution in [0.3, 0.4) is 0 Å². The molecule has 0 radical (unpaired) electrons. The first kappa shape index (κ1) is 18.7. The number of fused-ring (bicyclic) bond motifs is 2. The third-order valence-corrected chi connectivity index (χ3v) is 5.97. The van der Waals surface area contributed by atoms with E-state index in [1.54, 1.807) is 0 Å². The molecule has 4 heteroatoms. The fourth-order valence-electron chi connectivity index (χ4n) is 4.59. The number of ketones is 1. The van der Waals surface area contributed by atoms with Gasteiger partial charge in [-0.2, -0.15) is 5.10 Å². The lowest BCUT2D eigenvalue weighted by molar-refractivity contribution is 0.0911. The molecule has 0 fully saturated rings. The topological polar surface area (TPSA) is 47.8 Å². The van der Waals surface area contributed by atoms with Gasteiger partial charge in [-0.05, 0) is 43.4 Å². The van der Waals surface area contributed by atoms with E-state index in [9.17, 15) is 4.79 Å². The second-order valence-corrected chi connectivity index (χ2v) is 9.15. The predicted octanol–water partition coefficient (Wildman–Crippen LogP) is 5.86. The standard InChI is InChI=1S/C26H25N3O/c1-16-10-12-18(13-11-16)23-22-17(2)28-29(19-8-6-5-7-9-19)25(22)27-20-14-26(3,4)15-21(30)24(20)23/h5-13H,14-15H2,1-4H3. The zero-order chi connectivity index (χ0) is 21.0. The average molecular weight is 396 g/mol. The van der Waals surface area contributed by atoms with Gasteiger partial charge in [0.1, 0.15) is 0 Å². The Balaban J connectivity index is 1.90. The Labute approximate surface area is 176 Å². The normalized spacial score (nSPS) is 15.4. The highest BCUT2D eigenvalue weighted by atomic mass is 16.1. The lowest BCUT2D eigenvalue weighted by atomic mass is 9.73. The molecule has 4 nitrogen and oxygen atoms in total. The Morgan fingerprint density at radius 1 is 0.900 bits per heavy atom. The zero-order valence-electron chi connectivity index (χ0n) is 17.9. The van der Waals surface area contributed by atoms with Gasteiger partial charge in [0, 0.05) is 17.5 Å². The van der Waals surface area contributed by atoms with Gasteiger partial charge in [0.05, 0.1) is 22.5 Å². The van der Waals surface area contributed by atoms with E-state index in [4.69, 9.17) is 10.1 Å². The summed E-state index contributed by atoms with van der Waals surface area (Å²) in [5.41, 5.74) is 7.47. The van der Waals surface area contributed by atoms with E-state index in [-0.39, 0.29) is 11.2 Å². The molecule has 2 aromatic heterocycles. The maximum absolute atomic E-state index is 13.3. The minimum Gasteiger partial charge on any atom is -0.294 e. The molecular formula is C26H25N3O. The second-order valence-electron chi connectivity index (χ2n) is 9.15. The number of aryl methyl sites for hydroxylation is 2. The third kappa shape index (κ3) is 2.95. The molecule has 150 valence electrons. The Morgan fingerprint density at radius 3 is 2.30 bits per heavy atom. The Hall–Kier alpha value is -3.27. The molecule has 0 atom stereocenters. The van der Waals surface area contributed by atoms with Crippen LogP contribution < -0.4 is 0 Å².